The Balaban J connectivity index is 2.24. The zero-order valence-corrected chi connectivity index (χ0v) is 12.4. The summed E-state index contributed by atoms with van der Waals surface area (Å²) in [5, 5.41) is 2.99. The summed E-state index contributed by atoms with van der Waals surface area (Å²) in [6.45, 7) is 6.95. The van der Waals surface area contributed by atoms with Crippen LogP contribution in [0, 0.1) is 5.92 Å². The largest absolute Gasteiger partial charge is 0.342 e. The Hall–Kier alpha value is -1.06. The minimum atomic E-state index is -0.527. The summed E-state index contributed by atoms with van der Waals surface area (Å²) in [6.07, 6.45) is 5.42. The van der Waals surface area contributed by atoms with Gasteiger partial charge in [-0.1, -0.05) is 33.6 Å². The number of rotatable bonds is 4. The number of nitrogens with one attached hydrogen (secondary N) is 1. The van der Waals surface area contributed by atoms with Gasteiger partial charge in [-0.15, -0.1) is 0 Å². The van der Waals surface area contributed by atoms with Gasteiger partial charge in [0, 0.05) is 6.54 Å². The fourth-order valence-corrected chi connectivity index (χ4v) is 3.51. The number of hydrogen-bond donors (Lipinski definition) is 1. The smallest absolute Gasteiger partial charge is 0.246 e. The lowest BCUT2D eigenvalue weighted by atomic mass is 9.87. The molecule has 1 aliphatic heterocycles. The van der Waals surface area contributed by atoms with Crippen molar-refractivity contribution in [2.45, 2.75) is 70.9 Å². The number of carbonyl (C=O) groups is 2. The Morgan fingerprint density at radius 2 is 1.95 bits per heavy atom. The average molecular weight is 266 g/mol. The Bertz CT molecular complexity index is 359. The van der Waals surface area contributed by atoms with Crippen molar-refractivity contribution in [3.8, 4) is 0 Å². The van der Waals surface area contributed by atoms with Crippen LogP contribution in [0.1, 0.15) is 59.3 Å². The molecule has 1 saturated heterocycles. The van der Waals surface area contributed by atoms with E-state index in [1.165, 1.54) is 0 Å². The molecular weight excluding hydrogens is 240 g/mol. The molecule has 2 amide bonds. The van der Waals surface area contributed by atoms with Gasteiger partial charge in [0.1, 0.15) is 11.6 Å². The molecule has 2 fully saturated rings. The van der Waals surface area contributed by atoms with E-state index in [4.69, 9.17) is 0 Å². The minimum absolute atomic E-state index is 0.0868. The lowest BCUT2D eigenvalue weighted by Crippen LogP contribution is -2.69. The minimum Gasteiger partial charge on any atom is -0.342 e. The van der Waals surface area contributed by atoms with E-state index >= 15 is 0 Å². The molecule has 0 bridgehead atoms. The highest BCUT2D eigenvalue weighted by Crippen LogP contribution is 2.38. The maximum atomic E-state index is 12.7. The number of hydrogen-bond acceptors (Lipinski definition) is 2. The fourth-order valence-electron chi connectivity index (χ4n) is 3.51. The fraction of sp³-hybridized carbons (Fsp3) is 0.867. The van der Waals surface area contributed by atoms with Gasteiger partial charge in [0.05, 0.1) is 0 Å². The van der Waals surface area contributed by atoms with Crippen LogP contribution in [0.4, 0.5) is 0 Å². The van der Waals surface area contributed by atoms with Crippen LogP contribution in [0.25, 0.3) is 0 Å². The van der Waals surface area contributed by atoms with E-state index in [9.17, 15) is 9.59 Å². The van der Waals surface area contributed by atoms with Gasteiger partial charge >= 0.3 is 0 Å². The van der Waals surface area contributed by atoms with Gasteiger partial charge in [-0.05, 0) is 31.6 Å². The molecule has 0 aromatic carbocycles. The van der Waals surface area contributed by atoms with E-state index in [2.05, 4.69) is 26.1 Å². The Labute approximate surface area is 115 Å². The number of nitrogens with zero attached hydrogens (tertiary/aromatic N) is 1. The Morgan fingerprint density at radius 1 is 1.32 bits per heavy atom. The van der Waals surface area contributed by atoms with Crippen molar-refractivity contribution < 1.29 is 9.59 Å². The van der Waals surface area contributed by atoms with E-state index in [1.807, 2.05) is 4.90 Å². The number of piperazine rings is 1. The van der Waals surface area contributed by atoms with Crippen LogP contribution in [0.3, 0.4) is 0 Å². The third-order valence-electron chi connectivity index (χ3n) is 4.39. The van der Waals surface area contributed by atoms with E-state index in [0.29, 0.717) is 12.5 Å². The van der Waals surface area contributed by atoms with Crippen LogP contribution in [0.2, 0.25) is 0 Å². The van der Waals surface area contributed by atoms with E-state index in [0.717, 1.165) is 38.5 Å². The maximum Gasteiger partial charge on any atom is 0.246 e. The van der Waals surface area contributed by atoms with Crippen molar-refractivity contribution in [3.63, 3.8) is 0 Å². The predicted octanol–water partition coefficient (Wildman–Crippen LogP) is 2.08. The Morgan fingerprint density at radius 3 is 2.47 bits per heavy atom. The highest BCUT2D eigenvalue weighted by molar-refractivity contribution is 6.00. The Kier molecular flexibility index (Phi) is 4.16. The van der Waals surface area contributed by atoms with Gasteiger partial charge in [0.2, 0.25) is 11.8 Å². The molecule has 1 spiro atoms. The first-order valence-electron chi connectivity index (χ1n) is 7.63. The molecule has 1 atom stereocenters. The molecule has 0 aromatic rings. The second kappa shape index (κ2) is 5.51. The predicted molar refractivity (Wildman–Crippen MR) is 74.6 cm³/mol. The molecule has 0 aromatic heterocycles. The maximum absolute atomic E-state index is 12.7. The molecule has 1 N–H and O–H groups in total. The van der Waals surface area contributed by atoms with Gasteiger partial charge in [-0.25, -0.2) is 0 Å². The summed E-state index contributed by atoms with van der Waals surface area (Å²) in [4.78, 5) is 27.1. The molecule has 4 heteroatoms. The molecule has 1 aliphatic carbocycles. The summed E-state index contributed by atoms with van der Waals surface area (Å²) in [5.74, 6) is 0.635. The van der Waals surface area contributed by atoms with Crippen LogP contribution in [-0.4, -0.2) is 34.8 Å². The highest BCUT2D eigenvalue weighted by Gasteiger charge is 2.53. The average Bonchev–Trinajstić information content (AvgIpc) is 2.82. The highest BCUT2D eigenvalue weighted by atomic mass is 16.2. The number of carbonyl (C=O) groups excluding carboxylic acids is 2. The molecule has 19 heavy (non-hydrogen) atoms. The van der Waals surface area contributed by atoms with E-state index in [-0.39, 0.29) is 17.9 Å². The SMILES string of the molecule is CCCN1C(=O)C(CC(C)C)NC(=O)C12CCCC2. The van der Waals surface area contributed by atoms with Crippen molar-refractivity contribution in [3.05, 3.63) is 0 Å². The van der Waals surface area contributed by atoms with Crippen LogP contribution in [0.15, 0.2) is 0 Å². The van der Waals surface area contributed by atoms with Crippen LogP contribution >= 0.6 is 0 Å². The van der Waals surface area contributed by atoms with Crippen molar-refractivity contribution in [2.75, 3.05) is 6.54 Å². The van der Waals surface area contributed by atoms with Crippen LogP contribution in [0.5, 0.6) is 0 Å². The second-order valence-electron chi connectivity index (χ2n) is 6.38. The monoisotopic (exact) mass is 266 g/mol. The van der Waals surface area contributed by atoms with E-state index in [1.54, 1.807) is 0 Å². The molecule has 108 valence electrons. The topological polar surface area (TPSA) is 49.4 Å². The summed E-state index contributed by atoms with van der Waals surface area (Å²) < 4.78 is 0. The van der Waals surface area contributed by atoms with Crippen LogP contribution in [-0.2, 0) is 9.59 Å². The zero-order chi connectivity index (χ0) is 14.0. The quantitative estimate of drug-likeness (QED) is 0.847. The summed E-state index contributed by atoms with van der Waals surface area (Å²) in [5.41, 5.74) is -0.527. The van der Waals surface area contributed by atoms with Crippen molar-refractivity contribution in [1.29, 1.82) is 0 Å². The third-order valence-corrected chi connectivity index (χ3v) is 4.39. The molecule has 1 saturated carbocycles. The first kappa shape index (κ1) is 14.4. The summed E-state index contributed by atoms with van der Waals surface area (Å²) in [7, 11) is 0. The van der Waals surface area contributed by atoms with Gasteiger partial charge in [0.15, 0.2) is 0 Å². The van der Waals surface area contributed by atoms with Gasteiger partial charge < -0.3 is 10.2 Å². The van der Waals surface area contributed by atoms with Gasteiger partial charge in [0.25, 0.3) is 0 Å². The van der Waals surface area contributed by atoms with Gasteiger partial charge in [-0.2, -0.15) is 0 Å². The van der Waals surface area contributed by atoms with E-state index < -0.39 is 5.54 Å². The molecule has 1 unspecified atom stereocenters. The molecule has 2 aliphatic rings. The number of amides is 2. The first-order chi connectivity index (χ1) is 9.01. The normalized spacial score (nSPS) is 26.3. The molecule has 1 heterocycles. The molecule has 2 rings (SSSR count). The summed E-state index contributed by atoms with van der Waals surface area (Å²) >= 11 is 0. The zero-order valence-electron chi connectivity index (χ0n) is 12.4. The lowest BCUT2D eigenvalue weighted by Gasteiger charge is -2.46. The first-order valence-corrected chi connectivity index (χ1v) is 7.63. The van der Waals surface area contributed by atoms with Crippen molar-refractivity contribution in [1.82, 2.24) is 10.2 Å². The van der Waals surface area contributed by atoms with Crippen LogP contribution < -0.4 is 5.32 Å². The lowest BCUT2D eigenvalue weighted by molar-refractivity contribution is -0.157. The van der Waals surface area contributed by atoms with Crippen molar-refractivity contribution >= 4 is 11.8 Å². The molecular formula is C15H26N2O2. The second-order valence-corrected chi connectivity index (χ2v) is 6.38. The standard InChI is InChI=1S/C15H26N2O2/c1-4-9-17-13(18)12(10-11(2)3)16-14(19)15(17)7-5-6-8-15/h11-12H,4-10H2,1-3H3,(H,16,19). The molecule has 4 nitrogen and oxygen atoms in total. The molecule has 0 radical (unpaired) electrons. The van der Waals surface area contributed by atoms with Crippen molar-refractivity contribution in [2.24, 2.45) is 5.92 Å². The van der Waals surface area contributed by atoms with Gasteiger partial charge in [-0.3, -0.25) is 9.59 Å². The third kappa shape index (κ3) is 2.49. The summed E-state index contributed by atoms with van der Waals surface area (Å²) in [6, 6.07) is -0.315.